The molecule has 1 aliphatic carbocycles. The fourth-order valence-electron chi connectivity index (χ4n) is 2.39. The van der Waals surface area contributed by atoms with Gasteiger partial charge >= 0.3 is 0 Å². The van der Waals surface area contributed by atoms with Crippen molar-refractivity contribution in [3.8, 4) is 0 Å². The van der Waals surface area contributed by atoms with Crippen LogP contribution in [0.3, 0.4) is 0 Å². The minimum Gasteiger partial charge on any atom is -0.255 e. The van der Waals surface area contributed by atoms with Crippen molar-refractivity contribution in [1.29, 1.82) is 0 Å². The molecule has 0 spiro atoms. The van der Waals surface area contributed by atoms with Gasteiger partial charge in [0.25, 0.3) is 0 Å². The van der Waals surface area contributed by atoms with E-state index in [1.165, 1.54) is 41.5 Å². The van der Waals surface area contributed by atoms with Crippen LogP contribution in [0.1, 0.15) is 43.0 Å². The van der Waals surface area contributed by atoms with Crippen molar-refractivity contribution in [1.82, 2.24) is 9.78 Å². The Bertz CT molecular complexity index is 355. The number of hydrogen-bond acceptors (Lipinski definition) is 2. The molecule has 2 heterocycles. The van der Waals surface area contributed by atoms with Crippen LogP contribution in [-0.4, -0.2) is 9.78 Å². The molecule has 2 aliphatic rings. The summed E-state index contributed by atoms with van der Waals surface area (Å²) in [6.45, 7) is 0. The summed E-state index contributed by atoms with van der Waals surface area (Å²) in [6, 6.07) is 0.667. The first kappa shape index (κ1) is 9.28. The van der Waals surface area contributed by atoms with E-state index in [0.717, 1.165) is 11.5 Å². The normalized spacial score (nSPS) is 21.8. The topological polar surface area (TPSA) is 17.8 Å². The summed E-state index contributed by atoms with van der Waals surface area (Å²) in [5, 5.41) is 4.72. The molecular formula is C10H13BrN2S. The maximum absolute atomic E-state index is 4.72. The average molecular weight is 273 g/mol. The van der Waals surface area contributed by atoms with Crippen molar-refractivity contribution < 1.29 is 0 Å². The quantitative estimate of drug-likeness (QED) is 0.779. The summed E-state index contributed by atoms with van der Waals surface area (Å²) < 4.78 is 3.49. The predicted octanol–water partition coefficient (Wildman–Crippen LogP) is 3.51. The monoisotopic (exact) mass is 272 g/mol. The van der Waals surface area contributed by atoms with Crippen LogP contribution in [0.5, 0.6) is 0 Å². The Morgan fingerprint density at radius 1 is 1.29 bits per heavy atom. The number of hydrogen-bond donors (Lipinski definition) is 0. The molecule has 14 heavy (non-hydrogen) atoms. The minimum atomic E-state index is 0.667. The van der Waals surface area contributed by atoms with Crippen molar-refractivity contribution in [2.75, 3.05) is 0 Å². The van der Waals surface area contributed by atoms with Gasteiger partial charge in [0.2, 0.25) is 0 Å². The molecule has 1 aliphatic heterocycles. The van der Waals surface area contributed by atoms with Gasteiger partial charge in [-0.25, -0.2) is 0 Å². The van der Waals surface area contributed by atoms with Gasteiger partial charge in [-0.05, 0) is 28.8 Å². The molecule has 0 amide bonds. The van der Waals surface area contributed by atoms with Gasteiger partial charge in [-0.3, -0.25) is 4.68 Å². The fourth-order valence-corrected chi connectivity index (χ4v) is 4.35. The molecule has 1 aromatic heterocycles. The summed E-state index contributed by atoms with van der Waals surface area (Å²) in [5.41, 5.74) is 2.76. The van der Waals surface area contributed by atoms with Gasteiger partial charge < -0.3 is 0 Å². The maximum Gasteiger partial charge on any atom is 0.108 e. The summed E-state index contributed by atoms with van der Waals surface area (Å²) >= 11 is 5.67. The van der Waals surface area contributed by atoms with Crippen molar-refractivity contribution >= 4 is 27.7 Å². The largest absolute Gasteiger partial charge is 0.255 e. The third kappa shape index (κ3) is 1.34. The zero-order valence-corrected chi connectivity index (χ0v) is 10.4. The van der Waals surface area contributed by atoms with Crippen molar-refractivity contribution in [3.63, 3.8) is 0 Å². The van der Waals surface area contributed by atoms with E-state index in [2.05, 4.69) is 20.6 Å². The van der Waals surface area contributed by atoms with E-state index in [1.54, 1.807) is 0 Å². The van der Waals surface area contributed by atoms with Crippen molar-refractivity contribution in [2.45, 2.75) is 43.2 Å². The zero-order valence-electron chi connectivity index (χ0n) is 8.00. The number of nitrogens with zero attached hydrogens (tertiary/aromatic N) is 2. The van der Waals surface area contributed by atoms with Crippen LogP contribution in [0.2, 0.25) is 0 Å². The Kier molecular flexibility index (Phi) is 2.36. The molecule has 1 aromatic rings. The first-order valence-electron chi connectivity index (χ1n) is 5.20. The van der Waals surface area contributed by atoms with Crippen LogP contribution in [0.15, 0.2) is 4.60 Å². The van der Waals surface area contributed by atoms with E-state index in [4.69, 9.17) is 5.10 Å². The van der Waals surface area contributed by atoms with Crippen molar-refractivity contribution in [3.05, 3.63) is 15.9 Å². The second kappa shape index (κ2) is 3.56. The van der Waals surface area contributed by atoms with Gasteiger partial charge in [0, 0.05) is 17.1 Å². The highest BCUT2D eigenvalue weighted by molar-refractivity contribution is 9.10. The molecule has 1 fully saturated rings. The van der Waals surface area contributed by atoms with Gasteiger partial charge in [-0.1, -0.05) is 12.8 Å². The van der Waals surface area contributed by atoms with Crippen LogP contribution in [0.4, 0.5) is 0 Å². The number of rotatable bonds is 1. The number of halogens is 1. The molecule has 0 saturated heterocycles. The lowest BCUT2D eigenvalue weighted by Crippen LogP contribution is -2.07. The molecule has 0 bridgehead atoms. The van der Waals surface area contributed by atoms with Gasteiger partial charge in [-0.15, -0.1) is 0 Å². The highest BCUT2D eigenvalue weighted by atomic mass is 79.9. The Hall–Kier alpha value is 0.0400. The molecule has 76 valence electrons. The third-order valence-corrected chi connectivity index (χ3v) is 5.00. The van der Waals surface area contributed by atoms with Crippen LogP contribution < -0.4 is 0 Å². The van der Waals surface area contributed by atoms with Gasteiger partial charge in [-0.2, -0.15) is 16.9 Å². The molecule has 0 unspecified atom stereocenters. The zero-order chi connectivity index (χ0) is 9.54. The summed E-state index contributed by atoms with van der Waals surface area (Å²) in [7, 11) is 0. The molecule has 2 nitrogen and oxygen atoms in total. The number of thioether (sulfide) groups is 1. The van der Waals surface area contributed by atoms with E-state index < -0.39 is 0 Å². The van der Waals surface area contributed by atoms with Gasteiger partial charge in [0.05, 0.1) is 11.7 Å². The Morgan fingerprint density at radius 2 is 2.07 bits per heavy atom. The molecule has 0 atom stereocenters. The first-order chi connectivity index (χ1) is 6.86. The van der Waals surface area contributed by atoms with E-state index in [-0.39, 0.29) is 0 Å². The summed E-state index contributed by atoms with van der Waals surface area (Å²) in [5.74, 6) is 2.25. The lowest BCUT2D eigenvalue weighted by Gasteiger charge is -2.11. The maximum atomic E-state index is 4.72. The number of fused-ring (bicyclic) bond motifs is 1. The summed E-state index contributed by atoms with van der Waals surface area (Å²) in [6.07, 6.45) is 5.37. The Morgan fingerprint density at radius 3 is 2.79 bits per heavy atom. The molecule has 4 heteroatoms. The second-order valence-corrected chi connectivity index (χ2v) is 5.83. The average Bonchev–Trinajstić information content (AvgIpc) is 2.84. The predicted molar refractivity (Wildman–Crippen MR) is 62.4 cm³/mol. The minimum absolute atomic E-state index is 0.667. The van der Waals surface area contributed by atoms with E-state index >= 15 is 0 Å². The van der Waals surface area contributed by atoms with E-state index in [9.17, 15) is 0 Å². The first-order valence-corrected chi connectivity index (χ1v) is 7.14. The smallest absolute Gasteiger partial charge is 0.108 e. The molecule has 0 radical (unpaired) electrons. The van der Waals surface area contributed by atoms with Gasteiger partial charge in [0.15, 0.2) is 0 Å². The third-order valence-electron chi connectivity index (χ3n) is 3.18. The molecule has 0 aromatic carbocycles. The van der Waals surface area contributed by atoms with Crippen LogP contribution in [0.25, 0.3) is 0 Å². The highest BCUT2D eigenvalue weighted by Crippen LogP contribution is 2.39. The van der Waals surface area contributed by atoms with E-state index in [1.807, 2.05) is 11.8 Å². The van der Waals surface area contributed by atoms with Crippen LogP contribution in [0, 0.1) is 0 Å². The summed E-state index contributed by atoms with van der Waals surface area (Å²) in [4.78, 5) is 0. The molecule has 3 rings (SSSR count). The lowest BCUT2D eigenvalue weighted by atomic mass is 10.2. The van der Waals surface area contributed by atoms with Crippen LogP contribution >= 0.6 is 27.7 Å². The molecule has 0 N–H and O–H groups in total. The molecular weight excluding hydrogens is 260 g/mol. The lowest BCUT2D eigenvalue weighted by molar-refractivity contribution is 0.455. The Labute approximate surface area is 96.6 Å². The standard InChI is InChI=1S/C10H13BrN2S/c11-10-8-5-14-6-9(8)12-13(10)7-3-1-2-4-7/h7H,1-6H2. The second-order valence-electron chi connectivity index (χ2n) is 4.09. The van der Waals surface area contributed by atoms with Crippen molar-refractivity contribution in [2.24, 2.45) is 0 Å². The fraction of sp³-hybridized carbons (Fsp3) is 0.700. The molecule has 1 saturated carbocycles. The van der Waals surface area contributed by atoms with Crippen LogP contribution in [-0.2, 0) is 11.5 Å². The Balaban J connectivity index is 1.98. The number of aromatic nitrogens is 2. The highest BCUT2D eigenvalue weighted by Gasteiger charge is 2.26. The SMILES string of the molecule is Brc1c2c(nn1C1CCCC1)CSC2. The van der Waals surface area contributed by atoms with Gasteiger partial charge in [0.1, 0.15) is 4.60 Å². The van der Waals surface area contributed by atoms with E-state index in [0.29, 0.717) is 6.04 Å².